The zero-order valence-electron chi connectivity index (χ0n) is 9.29. The van der Waals surface area contributed by atoms with Gasteiger partial charge in [-0.3, -0.25) is 10.2 Å². The summed E-state index contributed by atoms with van der Waals surface area (Å²) >= 11 is 1.37. The van der Waals surface area contributed by atoms with Crippen LogP contribution in [-0.4, -0.2) is 15.9 Å². The Hall–Kier alpha value is -2.06. The number of anilines is 1. The lowest BCUT2D eigenvalue weighted by molar-refractivity contribution is 0.0925. The number of rotatable bonds is 4. The number of nitrogens with zero attached hydrogens (tertiary/aromatic N) is 2. The molecule has 0 aromatic carbocycles. The highest BCUT2D eigenvalue weighted by Crippen LogP contribution is 2.26. The van der Waals surface area contributed by atoms with E-state index in [9.17, 15) is 4.79 Å². The van der Waals surface area contributed by atoms with Crippen LogP contribution in [0.2, 0.25) is 0 Å². The summed E-state index contributed by atoms with van der Waals surface area (Å²) < 4.78 is 5.06. The monoisotopic (exact) mass is 265 g/mol. The molecule has 7 nitrogen and oxygen atoms in total. The summed E-state index contributed by atoms with van der Waals surface area (Å²) in [5.41, 5.74) is 8.41. The van der Waals surface area contributed by atoms with Crippen molar-refractivity contribution in [3.63, 3.8) is 0 Å². The fraction of sp³-hybridized carbons (Fsp3) is 0.100. The Morgan fingerprint density at radius 2 is 2.22 bits per heavy atom. The molecule has 0 unspecified atom stereocenters. The number of carbonyl (C=O) groups excluding carboxylic acids is 1. The molecule has 2 aromatic rings. The molecule has 8 heteroatoms. The summed E-state index contributed by atoms with van der Waals surface area (Å²) in [6, 6.07) is 1.70. The Kier molecular flexibility index (Phi) is 3.80. The van der Waals surface area contributed by atoms with Crippen molar-refractivity contribution in [1.29, 1.82) is 0 Å². The Bertz CT molecular complexity index is 557. The molecule has 0 aliphatic carbocycles. The van der Waals surface area contributed by atoms with Crippen molar-refractivity contribution in [2.24, 2.45) is 5.84 Å². The molecule has 0 fully saturated rings. The van der Waals surface area contributed by atoms with Gasteiger partial charge < -0.3 is 10.2 Å². The number of hydrazine groups is 1. The van der Waals surface area contributed by atoms with Crippen molar-refractivity contribution in [2.75, 3.05) is 5.73 Å². The normalized spacial score (nSPS) is 10.3. The van der Waals surface area contributed by atoms with E-state index in [1.165, 1.54) is 24.2 Å². The number of nitrogen functional groups attached to an aromatic ring is 2. The van der Waals surface area contributed by atoms with Gasteiger partial charge >= 0.3 is 5.91 Å². The van der Waals surface area contributed by atoms with Crippen LogP contribution in [0.4, 0.5) is 5.82 Å². The number of hydrogen-bond acceptors (Lipinski definition) is 7. The molecule has 18 heavy (non-hydrogen) atoms. The quantitative estimate of drug-likeness (QED) is 0.319. The van der Waals surface area contributed by atoms with Gasteiger partial charge in [0.05, 0.1) is 6.26 Å². The van der Waals surface area contributed by atoms with Crippen LogP contribution >= 0.6 is 11.8 Å². The second-order valence-electron chi connectivity index (χ2n) is 3.28. The van der Waals surface area contributed by atoms with Gasteiger partial charge in [0.15, 0.2) is 11.6 Å². The van der Waals surface area contributed by atoms with Crippen LogP contribution in [-0.2, 0) is 5.75 Å². The highest BCUT2D eigenvalue weighted by Gasteiger charge is 2.15. The Morgan fingerprint density at radius 3 is 2.94 bits per heavy atom. The van der Waals surface area contributed by atoms with Gasteiger partial charge in [-0.15, -0.1) is 0 Å². The second kappa shape index (κ2) is 5.52. The number of aromatic nitrogens is 2. The van der Waals surface area contributed by atoms with Gasteiger partial charge in [0.2, 0.25) is 0 Å². The number of nitrogens with one attached hydrogen (secondary N) is 1. The standard InChI is InChI=1S/C10H11N5O2S/c11-8-10(14-3-2-13-8)18-5-6-1-4-17-7(6)9(16)15-12/h1-4H,5,12H2,(H2,11,13)(H,15,16). The van der Waals surface area contributed by atoms with Crippen LogP contribution in [0.25, 0.3) is 0 Å². The Balaban J connectivity index is 2.09. The SMILES string of the molecule is NNC(=O)c1occc1CSc1nccnc1N. The number of hydrogen-bond donors (Lipinski definition) is 3. The molecule has 2 rings (SSSR count). The fourth-order valence-electron chi connectivity index (χ4n) is 1.31. The van der Waals surface area contributed by atoms with E-state index >= 15 is 0 Å². The molecule has 0 radical (unpaired) electrons. The molecule has 1 amide bonds. The van der Waals surface area contributed by atoms with Crippen molar-refractivity contribution < 1.29 is 9.21 Å². The molecule has 0 aliphatic rings. The molecule has 0 saturated heterocycles. The predicted molar refractivity (Wildman–Crippen MR) is 66.4 cm³/mol. The number of thioether (sulfide) groups is 1. The summed E-state index contributed by atoms with van der Waals surface area (Å²) in [7, 11) is 0. The first-order valence-corrected chi connectivity index (χ1v) is 5.97. The molecule has 0 atom stereocenters. The minimum Gasteiger partial charge on any atom is -0.459 e. The molecule has 0 aliphatic heterocycles. The van der Waals surface area contributed by atoms with Gasteiger partial charge in [0.25, 0.3) is 0 Å². The van der Waals surface area contributed by atoms with Crippen LogP contribution < -0.4 is 17.0 Å². The number of amides is 1. The maximum absolute atomic E-state index is 11.4. The largest absolute Gasteiger partial charge is 0.459 e. The predicted octanol–water partition coefficient (Wildman–Crippen LogP) is 0.548. The first kappa shape index (κ1) is 12.4. The van der Waals surface area contributed by atoms with E-state index in [4.69, 9.17) is 16.0 Å². The second-order valence-corrected chi connectivity index (χ2v) is 4.25. The third-order valence-electron chi connectivity index (χ3n) is 2.14. The van der Waals surface area contributed by atoms with Crippen LogP contribution in [0.15, 0.2) is 34.2 Å². The van der Waals surface area contributed by atoms with Crippen molar-refractivity contribution in [3.05, 3.63) is 36.0 Å². The van der Waals surface area contributed by atoms with Gasteiger partial charge in [-0.1, -0.05) is 11.8 Å². The third kappa shape index (κ3) is 2.60. The summed E-state index contributed by atoms with van der Waals surface area (Å²) in [6.45, 7) is 0. The van der Waals surface area contributed by atoms with Gasteiger partial charge in [-0.25, -0.2) is 15.8 Å². The van der Waals surface area contributed by atoms with E-state index < -0.39 is 5.91 Å². The summed E-state index contributed by atoms with van der Waals surface area (Å²) in [6.07, 6.45) is 4.51. The lowest BCUT2D eigenvalue weighted by Gasteiger charge is -2.03. The average molecular weight is 265 g/mol. The minimum absolute atomic E-state index is 0.187. The van der Waals surface area contributed by atoms with Crippen LogP contribution in [0.1, 0.15) is 16.1 Å². The summed E-state index contributed by atoms with van der Waals surface area (Å²) in [5, 5.41) is 0.609. The summed E-state index contributed by atoms with van der Waals surface area (Å²) in [4.78, 5) is 19.4. The first-order valence-electron chi connectivity index (χ1n) is 4.99. The van der Waals surface area contributed by atoms with Gasteiger partial charge in [-0.2, -0.15) is 0 Å². The van der Waals surface area contributed by atoms with Crippen LogP contribution in [0, 0.1) is 0 Å². The Labute approximate surface area is 107 Å². The van der Waals surface area contributed by atoms with E-state index in [1.54, 1.807) is 12.3 Å². The molecular weight excluding hydrogens is 254 g/mol. The van der Waals surface area contributed by atoms with Crippen molar-refractivity contribution >= 4 is 23.5 Å². The van der Waals surface area contributed by atoms with E-state index in [2.05, 4.69) is 9.97 Å². The highest BCUT2D eigenvalue weighted by molar-refractivity contribution is 7.98. The fourth-order valence-corrected chi connectivity index (χ4v) is 2.16. The van der Waals surface area contributed by atoms with E-state index in [1.807, 2.05) is 5.43 Å². The average Bonchev–Trinajstić information content (AvgIpc) is 2.85. The van der Waals surface area contributed by atoms with Gasteiger partial charge in [0, 0.05) is 23.7 Å². The smallest absolute Gasteiger partial charge is 0.301 e. The molecule has 2 aromatic heterocycles. The van der Waals surface area contributed by atoms with Crippen molar-refractivity contribution in [1.82, 2.24) is 15.4 Å². The zero-order valence-corrected chi connectivity index (χ0v) is 10.1. The summed E-state index contributed by atoms with van der Waals surface area (Å²) in [5.74, 6) is 5.62. The van der Waals surface area contributed by atoms with Crippen molar-refractivity contribution in [3.8, 4) is 0 Å². The Morgan fingerprint density at radius 1 is 1.44 bits per heavy atom. The van der Waals surface area contributed by atoms with Crippen LogP contribution in [0.3, 0.4) is 0 Å². The van der Waals surface area contributed by atoms with E-state index in [0.29, 0.717) is 22.2 Å². The lowest BCUT2D eigenvalue weighted by Crippen LogP contribution is -2.30. The van der Waals surface area contributed by atoms with Gasteiger partial charge in [-0.05, 0) is 6.07 Å². The van der Waals surface area contributed by atoms with Crippen molar-refractivity contribution in [2.45, 2.75) is 10.8 Å². The third-order valence-corrected chi connectivity index (χ3v) is 3.18. The molecule has 0 bridgehead atoms. The maximum atomic E-state index is 11.4. The topological polar surface area (TPSA) is 120 Å². The molecule has 0 spiro atoms. The zero-order chi connectivity index (χ0) is 13.0. The van der Waals surface area contributed by atoms with Gasteiger partial charge in [0.1, 0.15) is 5.03 Å². The molecular formula is C10H11N5O2S. The molecule has 94 valence electrons. The highest BCUT2D eigenvalue weighted by atomic mass is 32.2. The number of nitrogens with two attached hydrogens (primary N) is 2. The lowest BCUT2D eigenvalue weighted by atomic mass is 10.3. The number of furan rings is 1. The van der Waals surface area contributed by atoms with Crippen LogP contribution in [0.5, 0.6) is 0 Å². The first-order chi connectivity index (χ1) is 8.72. The van der Waals surface area contributed by atoms with E-state index in [-0.39, 0.29) is 5.76 Å². The number of carbonyl (C=O) groups is 1. The maximum Gasteiger partial charge on any atom is 0.301 e. The minimum atomic E-state index is -0.470. The molecule has 2 heterocycles. The molecule has 0 saturated carbocycles. The van der Waals surface area contributed by atoms with E-state index in [0.717, 1.165) is 0 Å². The molecule has 5 N–H and O–H groups in total.